The Morgan fingerprint density at radius 3 is 2.38 bits per heavy atom. The van der Waals surface area contributed by atoms with Gasteiger partial charge in [0.2, 0.25) is 0 Å². The molecule has 0 radical (unpaired) electrons. The molecule has 1 aromatic carbocycles. The van der Waals surface area contributed by atoms with E-state index in [9.17, 15) is 0 Å². The Labute approximate surface area is 209 Å². The minimum atomic E-state index is 0. The molecule has 174 valence electrons. The summed E-state index contributed by atoms with van der Waals surface area (Å²) in [4.78, 5) is 11.4. The number of ether oxygens (including phenoxy) is 1. The summed E-state index contributed by atoms with van der Waals surface area (Å²) in [5.41, 5.74) is 2.80. The normalized spacial score (nSPS) is 22.5. The van der Waals surface area contributed by atoms with Gasteiger partial charge in [-0.05, 0) is 43.9 Å². The minimum absolute atomic E-state index is 0. The second-order valence-corrected chi connectivity index (χ2v) is 8.97. The van der Waals surface area contributed by atoms with Gasteiger partial charge in [0.15, 0.2) is 5.96 Å². The number of guanidine groups is 1. The highest BCUT2D eigenvalue weighted by molar-refractivity contribution is 14.0. The van der Waals surface area contributed by atoms with Crippen LogP contribution in [0.1, 0.15) is 44.2 Å². The maximum atomic E-state index is 5.83. The Balaban J connectivity index is 0.00000289. The zero-order chi connectivity index (χ0) is 21.7. The Morgan fingerprint density at radius 1 is 1.09 bits per heavy atom. The summed E-state index contributed by atoms with van der Waals surface area (Å²) in [5.74, 6) is 1.85. The zero-order valence-electron chi connectivity index (χ0n) is 19.4. The fourth-order valence-corrected chi connectivity index (χ4v) is 4.70. The number of pyridine rings is 1. The second kappa shape index (κ2) is 11.3. The second-order valence-electron chi connectivity index (χ2n) is 8.97. The van der Waals surface area contributed by atoms with E-state index in [2.05, 4.69) is 76.8 Å². The van der Waals surface area contributed by atoms with E-state index in [0.717, 1.165) is 37.0 Å². The van der Waals surface area contributed by atoms with Crippen molar-refractivity contribution in [1.82, 2.24) is 15.6 Å². The molecule has 7 heteroatoms. The quantitative estimate of drug-likeness (QED) is 0.323. The SMILES string of the molecule is CN=C(NCc1ccc(N2CC(C)OC(C)C2)nc1)NCC1(c2ccccc2)CCC1.I. The van der Waals surface area contributed by atoms with Gasteiger partial charge in [-0.25, -0.2) is 4.98 Å². The summed E-state index contributed by atoms with van der Waals surface area (Å²) in [7, 11) is 1.83. The largest absolute Gasteiger partial charge is 0.372 e. The van der Waals surface area contributed by atoms with E-state index in [4.69, 9.17) is 9.72 Å². The topological polar surface area (TPSA) is 61.8 Å². The number of anilines is 1. The highest BCUT2D eigenvalue weighted by Gasteiger charge is 2.38. The number of rotatable bonds is 6. The van der Waals surface area contributed by atoms with Crippen LogP contribution in [0.3, 0.4) is 0 Å². The first-order valence-electron chi connectivity index (χ1n) is 11.4. The van der Waals surface area contributed by atoms with Crippen molar-refractivity contribution in [2.45, 2.75) is 57.3 Å². The van der Waals surface area contributed by atoms with Crippen LogP contribution < -0.4 is 15.5 Å². The molecule has 1 saturated heterocycles. The number of nitrogens with zero attached hydrogens (tertiary/aromatic N) is 3. The molecule has 1 aromatic heterocycles. The molecule has 2 heterocycles. The first-order valence-corrected chi connectivity index (χ1v) is 11.4. The number of benzene rings is 1. The van der Waals surface area contributed by atoms with Gasteiger partial charge in [0.25, 0.3) is 0 Å². The molecule has 2 aliphatic rings. The Kier molecular flexibility index (Phi) is 8.76. The van der Waals surface area contributed by atoms with Crippen LogP contribution in [0.25, 0.3) is 0 Å². The van der Waals surface area contributed by atoms with Gasteiger partial charge < -0.3 is 20.3 Å². The summed E-state index contributed by atoms with van der Waals surface area (Å²) >= 11 is 0. The van der Waals surface area contributed by atoms with Crippen LogP contribution in [0.4, 0.5) is 5.82 Å². The number of aliphatic imine (C=N–C) groups is 1. The Bertz CT molecular complexity index is 860. The first-order chi connectivity index (χ1) is 15.1. The van der Waals surface area contributed by atoms with Crippen LogP contribution in [0.5, 0.6) is 0 Å². The molecule has 2 N–H and O–H groups in total. The Morgan fingerprint density at radius 2 is 1.81 bits per heavy atom. The number of aromatic nitrogens is 1. The van der Waals surface area contributed by atoms with E-state index in [1.54, 1.807) is 0 Å². The first kappa shape index (κ1) is 24.8. The minimum Gasteiger partial charge on any atom is -0.372 e. The van der Waals surface area contributed by atoms with Crippen LogP contribution in [0.15, 0.2) is 53.7 Å². The molecule has 4 rings (SSSR count). The van der Waals surface area contributed by atoms with Gasteiger partial charge in [-0.3, -0.25) is 4.99 Å². The lowest BCUT2D eigenvalue weighted by atomic mass is 9.64. The van der Waals surface area contributed by atoms with Crippen molar-refractivity contribution in [1.29, 1.82) is 0 Å². The van der Waals surface area contributed by atoms with Gasteiger partial charge in [0.05, 0.1) is 12.2 Å². The molecule has 0 spiro atoms. The average molecular weight is 550 g/mol. The monoisotopic (exact) mass is 549 g/mol. The fourth-order valence-electron chi connectivity index (χ4n) is 4.70. The number of morpholine rings is 1. The summed E-state index contributed by atoms with van der Waals surface area (Å²) in [6.45, 7) is 7.60. The molecule has 2 unspecified atom stereocenters. The van der Waals surface area contributed by atoms with Crippen molar-refractivity contribution in [3.05, 3.63) is 59.8 Å². The highest BCUT2D eigenvalue weighted by Crippen LogP contribution is 2.43. The van der Waals surface area contributed by atoms with E-state index in [-0.39, 0.29) is 41.6 Å². The summed E-state index contributed by atoms with van der Waals surface area (Å²) < 4.78 is 5.83. The van der Waals surface area contributed by atoms with Crippen molar-refractivity contribution in [2.24, 2.45) is 4.99 Å². The van der Waals surface area contributed by atoms with Crippen LogP contribution in [0, 0.1) is 0 Å². The van der Waals surface area contributed by atoms with E-state index in [1.807, 2.05) is 13.2 Å². The van der Waals surface area contributed by atoms with E-state index >= 15 is 0 Å². The molecule has 2 atom stereocenters. The third-order valence-electron chi connectivity index (χ3n) is 6.53. The molecule has 1 aliphatic carbocycles. The van der Waals surface area contributed by atoms with E-state index < -0.39 is 0 Å². The standard InChI is InChI=1S/C25H35N5O.HI/c1-19-16-30(17-20(2)31-19)23-11-10-21(14-27-23)15-28-24(26-3)29-18-25(12-7-13-25)22-8-5-4-6-9-22;/h4-6,8-11,14,19-20H,7,12-13,15-18H2,1-3H3,(H2,26,28,29);1H. The van der Waals surface area contributed by atoms with Crippen LogP contribution in [-0.2, 0) is 16.7 Å². The van der Waals surface area contributed by atoms with Gasteiger partial charge in [-0.15, -0.1) is 24.0 Å². The van der Waals surface area contributed by atoms with Crippen molar-refractivity contribution in [3.63, 3.8) is 0 Å². The molecule has 2 fully saturated rings. The molecule has 2 aromatic rings. The third-order valence-corrected chi connectivity index (χ3v) is 6.53. The van der Waals surface area contributed by atoms with Gasteiger partial charge in [-0.2, -0.15) is 0 Å². The average Bonchev–Trinajstić information content (AvgIpc) is 2.75. The summed E-state index contributed by atoms with van der Waals surface area (Å²) in [6, 6.07) is 15.1. The number of hydrogen-bond acceptors (Lipinski definition) is 4. The van der Waals surface area contributed by atoms with Crippen molar-refractivity contribution in [3.8, 4) is 0 Å². The molecule has 0 bridgehead atoms. The molecule has 6 nitrogen and oxygen atoms in total. The van der Waals surface area contributed by atoms with E-state index in [0.29, 0.717) is 6.54 Å². The summed E-state index contributed by atoms with van der Waals surface area (Å²) in [6.07, 6.45) is 6.17. The van der Waals surface area contributed by atoms with Gasteiger partial charge >= 0.3 is 0 Å². The molecular weight excluding hydrogens is 513 g/mol. The molecule has 1 saturated carbocycles. The lowest BCUT2D eigenvalue weighted by molar-refractivity contribution is -0.00545. The highest BCUT2D eigenvalue weighted by atomic mass is 127. The fraction of sp³-hybridized carbons (Fsp3) is 0.520. The van der Waals surface area contributed by atoms with Crippen LogP contribution >= 0.6 is 24.0 Å². The molecular formula is C25H36IN5O. The zero-order valence-corrected chi connectivity index (χ0v) is 21.7. The van der Waals surface area contributed by atoms with E-state index in [1.165, 1.54) is 24.8 Å². The summed E-state index contributed by atoms with van der Waals surface area (Å²) in [5, 5.41) is 6.99. The lowest BCUT2D eigenvalue weighted by Crippen LogP contribution is -2.48. The number of hydrogen-bond donors (Lipinski definition) is 2. The van der Waals surface area contributed by atoms with Crippen molar-refractivity contribution in [2.75, 3.05) is 31.6 Å². The van der Waals surface area contributed by atoms with Gasteiger partial charge in [-0.1, -0.05) is 42.8 Å². The number of nitrogens with one attached hydrogen (secondary N) is 2. The molecule has 1 aliphatic heterocycles. The molecule has 0 amide bonds. The predicted octanol–water partition coefficient (Wildman–Crippen LogP) is 4.10. The third kappa shape index (κ3) is 5.92. The van der Waals surface area contributed by atoms with Crippen molar-refractivity contribution >= 4 is 35.8 Å². The lowest BCUT2D eigenvalue weighted by Gasteiger charge is -2.43. The van der Waals surface area contributed by atoms with Gasteiger partial charge in [0, 0.05) is 44.8 Å². The molecule has 32 heavy (non-hydrogen) atoms. The Hall–Kier alpha value is -1.87. The maximum absolute atomic E-state index is 5.83. The van der Waals surface area contributed by atoms with Crippen LogP contribution in [0.2, 0.25) is 0 Å². The van der Waals surface area contributed by atoms with Gasteiger partial charge in [0.1, 0.15) is 5.82 Å². The predicted molar refractivity (Wildman–Crippen MR) is 142 cm³/mol. The maximum Gasteiger partial charge on any atom is 0.191 e. The van der Waals surface area contributed by atoms with Crippen molar-refractivity contribution < 1.29 is 4.74 Å². The number of halogens is 1. The van der Waals surface area contributed by atoms with Crippen LogP contribution in [-0.4, -0.2) is 49.8 Å². The smallest absolute Gasteiger partial charge is 0.191 e.